The van der Waals surface area contributed by atoms with Gasteiger partial charge in [0, 0.05) is 10.0 Å². The van der Waals surface area contributed by atoms with Crippen molar-refractivity contribution in [2.45, 2.75) is 0 Å². The number of amides is 1. The number of nitrogens with zero attached hydrogens (tertiary/aromatic N) is 1. The van der Waals surface area contributed by atoms with Crippen LogP contribution in [0.4, 0.5) is 15.8 Å². The van der Waals surface area contributed by atoms with Crippen molar-refractivity contribution >= 4 is 33.2 Å². The fourth-order valence-corrected chi connectivity index (χ4v) is 1.96. The minimum atomic E-state index is -0.581. The monoisotopic (exact) mass is 333 g/mol. The van der Waals surface area contributed by atoms with Gasteiger partial charge in [0.25, 0.3) is 5.91 Å². The number of nitriles is 1. The van der Waals surface area contributed by atoms with Gasteiger partial charge in [-0.2, -0.15) is 5.26 Å². The molecule has 2 aromatic rings. The predicted octanol–water partition coefficient (Wildman–Crippen LogP) is 3.29. The number of nitrogens with one attached hydrogen (secondary N) is 1. The van der Waals surface area contributed by atoms with Gasteiger partial charge in [-0.3, -0.25) is 4.79 Å². The van der Waals surface area contributed by atoms with E-state index in [0.29, 0.717) is 11.3 Å². The fraction of sp³-hybridized carbons (Fsp3) is 0. The van der Waals surface area contributed by atoms with Crippen molar-refractivity contribution in [2.75, 3.05) is 11.1 Å². The first kappa shape index (κ1) is 14.0. The Labute approximate surface area is 123 Å². The molecule has 2 rings (SSSR count). The summed E-state index contributed by atoms with van der Waals surface area (Å²) in [5.74, 6) is -1.04. The molecule has 20 heavy (non-hydrogen) atoms. The Morgan fingerprint density at radius 1 is 1.30 bits per heavy atom. The van der Waals surface area contributed by atoms with Crippen LogP contribution in [-0.4, -0.2) is 5.91 Å². The molecule has 100 valence electrons. The summed E-state index contributed by atoms with van der Waals surface area (Å²) in [6.07, 6.45) is 0. The van der Waals surface area contributed by atoms with Crippen LogP contribution in [-0.2, 0) is 0 Å². The molecule has 4 nitrogen and oxygen atoms in total. The van der Waals surface area contributed by atoms with Crippen LogP contribution in [0.3, 0.4) is 0 Å². The van der Waals surface area contributed by atoms with Gasteiger partial charge < -0.3 is 11.1 Å². The molecule has 3 N–H and O–H groups in total. The number of rotatable bonds is 2. The predicted molar refractivity (Wildman–Crippen MR) is 77.6 cm³/mol. The Balaban J connectivity index is 2.28. The summed E-state index contributed by atoms with van der Waals surface area (Å²) in [4.78, 5) is 12.0. The Bertz CT molecular complexity index is 725. The van der Waals surface area contributed by atoms with E-state index in [1.165, 1.54) is 12.1 Å². The summed E-state index contributed by atoms with van der Waals surface area (Å²) in [6.45, 7) is 0. The van der Waals surface area contributed by atoms with Crippen LogP contribution < -0.4 is 11.1 Å². The van der Waals surface area contributed by atoms with E-state index in [0.717, 1.165) is 10.5 Å². The average molecular weight is 334 g/mol. The van der Waals surface area contributed by atoms with Gasteiger partial charge in [-0.1, -0.05) is 15.9 Å². The van der Waals surface area contributed by atoms with Gasteiger partial charge in [0.1, 0.15) is 11.9 Å². The molecular formula is C14H9BrFN3O. The quantitative estimate of drug-likeness (QED) is 0.827. The van der Waals surface area contributed by atoms with Crippen molar-refractivity contribution in [1.82, 2.24) is 0 Å². The molecule has 0 unspecified atom stereocenters. The van der Waals surface area contributed by atoms with Crippen molar-refractivity contribution in [3.63, 3.8) is 0 Å². The van der Waals surface area contributed by atoms with Crippen molar-refractivity contribution in [1.29, 1.82) is 5.26 Å². The Morgan fingerprint density at radius 2 is 2.05 bits per heavy atom. The lowest BCUT2D eigenvalue weighted by atomic mass is 10.1. The summed E-state index contributed by atoms with van der Waals surface area (Å²) >= 11 is 3.24. The molecule has 0 radical (unpaired) electrons. The van der Waals surface area contributed by atoms with Crippen LogP contribution in [0.1, 0.15) is 15.9 Å². The van der Waals surface area contributed by atoms with Gasteiger partial charge in [-0.05, 0) is 36.4 Å². The van der Waals surface area contributed by atoms with Gasteiger partial charge in [0.2, 0.25) is 0 Å². The van der Waals surface area contributed by atoms with Crippen LogP contribution in [0.2, 0.25) is 0 Å². The Morgan fingerprint density at radius 3 is 2.70 bits per heavy atom. The third kappa shape index (κ3) is 2.95. The maximum Gasteiger partial charge on any atom is 0.255 e. The summed E-state index contributed by atoms with van der Waals surface area (Å²) in [5.41, 5.74) is 6.23. The fourth-order valence-electron chi connectivity index (χ4n) is 1.60. The van der Waals surface area contributed by atoms with E-state index in [1.54, 1.807) is 18.2 Å². The molecule has 6 heteroatoms. The molecule has 0 spiro atoms. The second-order valence-electron chi connectivity index (χ2n) is 3.99. The average Bonchev–Trinajstić information content (AvgIpc) is 2.43. The maximum absolute atomic E-state index is 13.0. The Kier molecular flexibility index (Phi) is 4.01. The molecule has 0 aliphatic heterocycles. The van der Waals surface area contributed by atoms with Crippen LogP contribution >= 0.6 is 15.9 Å². The van der Waals surface area contributed by atoms with E-state index in [4.69, 9.17) is 11.0 Å². The molecule has 2 aromatic carbocycles. The highest BCUT2D eigenvalue weighted by molar-refractivity contribution is 9.10. The normalized spacial score (nSPS) is 9.85. The van der Waals surface area contributed by atoms with E-state index >= 15 is 0 Å². The van der Waals surface area contributed by atoms with Gasteiger partial charge in [-0.15, -0.1) is 0 Å². The van der Waals surface area contributed by atoms with E-state index in [-0.39, 0.29) is 11.3 Å². The molecule has 0 heterocycles. The van der Waals surface area contributed by atoms with E-state index in [1.807, 2.05) is 6.07 Å². The minimum Gasteiger partial charge on any atom is -0.396 e. The lowest BCUT2D eigenvalue weighted by Gasteiger charge is -2.08. The lowest BCUT2D eigenvalue weighted by molar-refractivity contribution is 0.102. The Hall–Kier alpha value is -2.39. The highest BCUT2D eigenvalue weighted by Crippen LogP contribution is 2.21. The van der Waals surface area contributed by atoms with Gasteiger partial charge in [0.15, 0.2) is 0 Å². The first-order valence-corrected chi connectivity index (χ1v) is 6.36. The molecule has 0 aliphatic rings. The number of halogens is 2. The second kappa shape index (κ2) is 5.72. The zero-order valence-electron chi connectivity index (χ0n) is 10.2. The molecule has 0 atom stereocenters. The molecule has 0 saturated carbocycles. The van der Waals surface area contributed by atoms with Gasteiger partial charge >= 0.3 is 0 Å². The molecule has 0 bridgehead atoms. The molecular weight excluding hydrogens is 325 g/mol. The van der Waals surface area contributed by atoms with E-state index in [2.05, 4.69) is 21.2 Å². The summed E-state index contributed by atoms with van der Waals surface area (Å²) in [6, 6.07) is 10.6. The number of nitrogens with two attached hydrogens (primary N) is 1. The summed E-state index contributed by atoms with van der Waals surface area (Å²) in [5, 5.41) is 11.6. The second-order valence-corrected chi connectivity index (χ2v) is 4.91. The van der Waals surface area contributed by atoms with E-state index < -0.39 is 11.7 Å². The number of hydrogen-bond acceptors (Lipinski definition) is 3. The standard InChI is InChI=1S/C14H9BrFN3O/c15-10-2-4-13(9(5-10)7-17)19-14(20)8-1-3-11(16)12(18)6-8/h1-6H,18H2,(H,19,20). The number of nitrogen functional groups attached to an aromatic ring is 1. The maximum atomic E-state index is 13.0. The third-order valence-corrected chi connectivity index (χ3v) is 3.10. The van der Waals surface area contributed by atoms with Crippen molar-refractivity contribution in [3.05, 3.63) is 57.8 Å². The molecule has 0 aromatic heterocycles. The van der Waals surface area contributed by atoms with Gasteiger partial charge in [0.05, 0.1) is 16.9 Å². The smallest absolute Gasteiger partial charge is 0.255 e. The SMILES string of the molecule is N#Cc1cc(Br)ccc1NC(=O)c1ccc(F)c(N)c1. The minimum absolute atomic E-state index is 0.103. The van der Waals surface area contributed by atoms with E-state index in [9.17, 15) is 9.18 Å². The van der Waals surface area contributed by atoms with Crippen LogP contribution in [0.25, 0.3) is 0 Å². The number of hydrogen-bond donors (Lipinski definition) is 2. The zero-order valence-corrected chi connectivity index (χ0v) is 11.7. The molecule has 0 aliphatic carbocycles. The van der Waals surface area contributed by atoms with Gasteiger partial charge in [-0.25, -0.2) is 4.39 Å². The van der Waals surface area contributed by atoms with Crippen molar-refractivity contribution in [3.8, 4) is 6.07 Å². The number of carbonyl (C=O) groups excluding carboxylic acids is 1. The molecule has 0 fully saturated rings. The number of carbonyl (C=O) groups is 1. The molecule has 1 amide bonds. The lowest BCUT2D eigenvalue weighted by Crippen LogP contribution is -2.13. The van der Waals surface area contributed by atoms with Crippen LogP contribution in [0, 0.1) is 17.1 Å². The first-order valence-electron chi connectivity index (χ1n) is 5.57. The molecule has 0 saturated heterocycles. The third-order valence-electron chi connectivity index (χ3n) is 2.61. The highest BCUT2D eigenvalue weighted by Gasteiger charge is 2.11. The number of benzene rings is 2. The van der Waals surface area contributed by atoms with Crippen molar-refractivity contribution < 1.29 is 9.18 Å². The van der Waals surface area contributed by atoms with Crippen LogP contribution in [0.5, 0.6) is 0 Å². The summed E-state index contributed by atoms with van der Waals surface area (Å²) < 4.78 is 13.8. The summed E-state index contributed by atoms with van der Waals surface area (Å²) in [7, 11) is 0. The topological polar surface area (TPSA) is 78.9 Å². The van der Waals surface area contributed by atoms with Crippen molar-refractivity contribution in [2.24, 2.45) is 0 Å². The first-order chi connectivity index (χ1) is 9.51. The largest absolute Gasteiger partial charge is 0.396 e. The van der Waals surface area contributed by atoms with Crippen LogP contribution in [0.15, 0.2) is 40.9 Å². The highest BCUT2D eigenvalue weighted by atomic mass is 79.9. The zero-order chi connectivity index (χ0) is 14.7. The number of anilines is 2.